The number of rotatable bonds is 0. The van der Waals surface area contributed by atoms with Gasteiger partial charge in [0, 0.05) is 0 Å². The zero-order valence-electron chi connectivity index (χ0n) is 8.10. The van der Waals surface area contributed by atoms with Crippen molar-refractivity contribution in [3.8, 4) is 0 Å². The first kappa shape index (κ1) is 36.0. The molecular weight excluding hydrogens is 283 g/mol. The van der Waals surface area contributed by atoms with Gasteiger partial charge in [0.2, 0.25) is 0 Å². The zero-order valence-corrected chi connectivity index (χ0v) is 12.9. The molecule has 0 aliphatic carbocycles. The Morgan fingerprint density at radius 3 is 0.812 bits per heavy atom. The maximum atomic E-state index is 8.60. The van der Waals surface area contributed by atoms with Crippen LogP contribution in [0.1, 0.15) is 0 Å². The van der Waals surface area contributed by atoms with E-state index in [4.69, 9.17) is 49.3 Å². The fraction of sp³-hybridized carbons (Fsp3) is 0. The Labute approximate surface area is 134 Å². The topological polar surface area (TPSA) is 257 Å². The van der Waals surface area contributed by atoms with Crippen LogP contribution >= 0.6 is 0 Å². The first-order chi connectivity index (χ1) is 5.46. The second-order valence-corrected chi connectivity index (χ2v) is 1.64. The van der Waals surface area contributed by atoms with Crippen LogP contribution < -0.4 is 79.2 Å². The largest absolute Gasteiger partial charge is 1.00 e. The Bertz CT molecular complexity index is 131. The normalized spacial score (nSPS) is 6.75. The first-order valence-corrected chi connectivity index (χ1v) is 2.99. The second-order valence-electron chi connectivity index (χ2n) is 0.843. The molecule has 16 heavy (non-hydrogen) atoms. The molecule has 0 unspecified atom stereocenters. The number of halogens is 1. The summed E-state index contributed by atoms with van der Waals surface area (Å²) in [5, 5.41) is 29.5. The van der Waals surface area contributed by atoms with E-state index in [9.17, 15) is 0 Å². The van der Waals surface area contributed by atoms with Crippen LogP contribution in [-0.4, -0.2) is 14.8 Å². The second kappa shape index (κ2) is 20.8. The molecule has 0 saturated carbocycles. The van der Waals surface area contributed by atoms with Crippen molar-refractivity contribution in [3.05, 3.63) is 30.6 Å². The van der Waals surface area contributed by atoms with Crippen LogP contribution in [0.15, 0.2) is 0 Å². The van der Waals surface area contributed by atoms with Gasteiger partial charge in [0.1, 0.15) is 0 Å². The summed E-state index contributed by atoms with van der Waals surface area (Å²) in [6, 6.07) is 0. The Balaban J connectivity index is -0.0000000216. The van der Waals surface area contributed by atoms with Crippen molar-refractivity contribution in [1.29, 1.82) is 0 Å². The van der Waals surface area contributed by atoms with Gasteiger partial charge in [-0.15, -0.1) is 0 Å². The number of hydrogen-bond donors (Lipinski definition) is 2. The molecule has 0 aliphatic heterocycles. The Morgan fingerprint density at radius 2 is 0.812 bits per heavy atom. The smallest absolute Gasteiger partial charge is 0.356 e. The molecule has 0 fully saturated rings. The Kier molecular flexibility index (Phi) is 46.9. The molecular formula is H4ClN3Na2O10. The molecule has 0 amide bonds. The molecule has 16 heteroatoms. The fourth-order valence-corrected chi connectivity index (χ4v) is 0. The quantitative estimate of drug-likeness (QED) is 0.240. The summed E-state index contributed by atoms with van der Waals surface area (Å²) >= 11 is 0. The summed E-state index contributed by atoms with van der Waals surface area (Å²) in [6.07, 6.45) is 0. The number of nitrogens with zero attached hydrogens (tertiary/aromatic N) is 2. The summed E-state index contributed by atoms with van der Waals surface area (Å²) in [5.41, 5.74) is 0. The third-order valence-corrected chi connectivity index (χ3v) is 0. The molecule has 0 aromatic rings. The molecule has 13 nitrogen and oxygen atoms in total. The van der Waals surface area contributed by atoms with Crippen molar-refractivity contribution in [1.82, 2.24) is 6.15 Å². The minimum atomic E-state index is -4.69. The summed E-state index contributed by atoms with van der Waals surface area (Å²) in [4.78, 5) is 16.5. The molecule has 4 N–H and O–H groups in total. The van der Waals surface area contributed by atoms with E-state index in [1.165, 1.54) is 0 Å². The van der Waals surface area contributed by atoms with Crippen molar-refractivity contribution in [3.63, 3.8) is 0 Å². The zero-order chi connectivity index (χ0) is 11.7. The van der Waals surface area contributed by atoms with Gasteiger partial charge in [-0.1, -0.05) is 0 Å². The Hall–Kier alpha value is 0.490. The molecule has 0 rings (SSSR count). The van der Waals surface area contributed by atoms with Crippen LogP contribution in [-0.2, 0) is 0 Å². The molecule has 88 valence electrons. The van der Waals surface area contributed by atoms with Crippen LogP contribution in [0.4, 0.5) is 0 Å². The molecule has 0 bridgehead atoms. The minimum Gasteiger partial charge on any atom is -0.356 e. The van der Waals surface area contributed by atoms with E-state index in [0.29, 0.717) is 0 Å². The molecule has 0 aliphatic rings. The summed E-state index contributed by atoms with van der Waals surface area (Å²) in [5.74, 6) is 0. The summed E-state index contributed by atoms with van der Waals surface area (Å²) < 4.78 is 32.7. The monoisotopic (exact) mass is 287 g/mol. The molecule has 0 radical (unpaired) electrons. The van der Waals surface area contributed by atoms with Crippen molar-refractivity contribution < 1.29 is 98.2 Å². The van der Waals surface area contributed by atoms with Gasteiger partial charge in [0.15, 0.2) is 0 Å². The average Bonchev–Trinajstić information content (AvgIpc) is 1.50. The molecule has 0 aromatic carbocycles. The molecule has 0 spiro atoms. The predicted octanol–water partition coefficient (Wildman–Crippen LogP) is -10.4. The van der Waals surface area contributed by atoms with Gasteiger partial charge < -0.3 is 36.8 Å². The van der Waals surface area contributed by atoms with Crippen molar-refractivity contribution in [2.24, 2.45) is 0 Å². The van der Waals surface area contributed by atoms with E-state index in [1.54, 1.807) is 0 Å². The van der Waals surface area contributed by atoms with Gasteiger partial charge >= 0.3 is 59.1 Å². The minimum absolute atomic E-state index is 0. The van der Waals surface area contributed by atoms with Gasteiger partial charge in [-0.2, -0.15) is 14.0 Å². The van der Waals surface area contributed by atoms with E-state index >= 15 is 0 Å². The van der Waals surface area contributed by atoms with Crippen LogP contribution in [0.3, 0.4) is 0 Å². The van der Waals surface area contributed by atoms with Gasteiger partial charge in [0.05, 0.1) is 25.1 Å². The fourth-order valence-electron chi connectivity index (χ4n) is 0. The third-order valence-electron chi connectivity index (χ3n) is 0. The van der Waals surface area contributed by atoms with Crippen molar-refractivity contribution in [2.75, 3.05) is 0 Å². The van der Waals surface area contributed by atoms with Crippen LogP contribution in [0.2, 0.25) is 0 Å². The van der Waals surface area contributed by atoms with Crippen LogP contribution in [0.25, 0.3) is 0 Å². The maximum Gasteiger partial charge on any atom is 1.00 e. The first-order valence-electron chi connectivity index (χ1n) is 1.73. The van der Waals surface area contributed by atoms with E-state index in [2.05, 4.69) is 0 Å². The summed E-state index contributed by atoms with van der Waals surface area (Å²) in [6.45, 7) is 0. The SMILES string of the molecule is N.O=[N+]([O-])[O-].O=[N+]([O-])[O-].[Na+].[Na+].[O-][Cl+3]([O-])([O-])O. The molecule has 0 atom stereocenters. The number of hydrogen-bond acceptors (Lipinski definition) is 11. The Morgan fingerprint density at radius 1 is 0.812 bits per heavy atom. The average molecular weight is 287 g/mol. The van der Waals surface area contributed by atoms with E-state index in [-0.39, 0.29) is 65.3 Å². The van der Waals surface area contributed by atoms with E-state index < -0.39 is 20.4 Å². The van der Waals surface area contributed by atoms with Gasteiger partial charge in [-0.3, -0.25) is 0 Å². The third kappa shape index (κ3) is 11000. The van der Waals surface area contributed by atoms with Gasteiger partial charge in [-0.05, 0) is 0 Å². The van der Waals surface area contributed by atoms with E-state index in [1.807, 2.05) is 0 Å². The van der Waals surface area contributed by atoms with Gasteiger partial charge in [0.25, 0.3) is 0 Å². The standard InChI is InChI=1S/ClHO4.2NO3.H3N.2Na/c2-1(3,4)5;2*2-1(3)4;;;/h(H,2,3,4,5);;;1H3;;/q;2*-1;;2*+1. The molecule has 0 saturated heterocycles. The van der Waals surface area contributed by atoms with E-state index in [0.717, 1.165) is 0 Å². The van der Waals surface area contributed by atoms with Crippen LogP contribution in [0.5, 0.6) is 0 Å². The van der Waals surface area contributed by atoms with Crippen molar-refractivity contribution in [2.45, 2.75) is 0 Å². The molecule has 0 heterocycles. The maximum absolute atomic E-state index is 8.60. The van der Waals surface area contributed by atoms with Crippen molar-refractivity contribution >= 4 is 0 Å². The predicted molar refractivity (Wildman–Crippen MR) is 28.0 cm³/mol. The summed E-state index contributed by atoms with van der Waals surface area (Å²) in [7, 11) is -4.69. The van der Waals surface area contributed by atoms with Crippen LogP contribution in [0, 0.1) is 40.9 Å². The van der Waals surface area contributed by atoms with Gasteiger partial charge in [-0.25, -0.2) is 0 Å². The molecule has 0 aromatic heterocycles.